The van der Waals surface area contributed by atoms with Crippen molar-refractivity contribution in [2.45, 2.75) is 70.9 Å². The lowest BCUT2D eigenvalue weighted by Crippen LogP contribution is -2.30. The van der Waals surface area contributed by atoms with Crippen molar-refractivity contribution in [1.29, 1.82) is 0 Å². The molecule has 30 heavy (non-hydrogen) atoms. The lowest BCUT2D eigenvalue weighted by atomic mass is 9.98. The van der Waals surface area contributed by atoms with Crippen LogP contribution < -0.4 is 16.3 Å². The molecule has 8 nitrogen and oxygen atoms in total. The predicted molar refractivity (Wildman–Crippen MR) is 116 cm³/mol. The van der Waals surface area contributed by atoms with E-state index >= 15 is 0 Å². The van der Waals surface area contributed by atoms with Gasteiger partial charge in [-0.2, -0.15) is 0 Å². The Balaban J connectivity index is 1.50. The monoisotopic (exact) mass is 411 g/mol. The van der Waals surface area contributed by atoms with Crippen LogP contribution in [0.5, 0.6) is 5.75 Å². The van der Waals surface area contributed by atoms with Gasteiger partial charge in [0.15, 0.2) is 0 Å². The zero-order chi connectivity index (χ0) is 21.1. The molecular formula is C22H33N7O. The van der Waals surface area contributed by atoms with Crippen LogP contribution in [0.3, 0.4) is 0 Å². The summed E-state index contributed by atoms with van der Waals surface area (Å²) in [7, 11) is 1.78. The van der Waals surface area contributed by atoms with Crippen molar-refractivity contribution in [3.8, 4) is 5.75 Å². The number of ether oxygens (including phenoxy) is 1. The maximum absolute atomic E-state index is 6.48. The Hall–Kier alpha value is -2.61. The van der Waals surface area contributed by atoms with Crippen LogP contribution in [-0.2, 0) is 13.0 Å². The number of allylic oxidation sites excluding steroid dienone is 1. The van der Waals surface area contributed by atoms with Gasteiger partial charge in [0.25, 0.3) is 0 Å². The van der Waals surface area contributed by atoms with E-state index in [4.69, 9.17) is 21.3 Å². The molecule has 0 amide bonds. The summed E-state index contributed by atoms with van der Waals surface area (Å²) in [5.74, 6) is 7.70. The largest absolute Gasteiger partial charge is 0.489 e. The van der Waals surface area contributed by atoms with Gasteiger partial charge in [-0.15, -0.1) is 5.10 Å². The second kappa shape index (κ2) is 9.04. The van der Waals surface area contributed by atoms with Gasteiger partial charge >= 0.3 is 0 Å². The molecule has 0 unspecified atom stereocenters. The number of aryl methyl sites for hydroxylation is 1. The van der Waals surface area contributed by atoms with Crippen LogP contribution in [0, 0.1) is 12.8 Å². The molecule has 0 aliphatic heterocycles. The molecule has 2 aliphatic carbocycles. The van der Waals surface area contributed by atoms with E-state index in [1.165, 1.54) is 37.1 Å². The third-order valence-corrected chi connectivity index (χ3v) is 5.99. The molecule has 2 aromatic heterocycles. The molecule has 8 heteroatoms. The van der Waals surface area contributed by atoms with Gasteiger partial charge in [-0.3, -0.25) is 0 Å². The second-order valence-electron chi connectivity index (χ2n) is 8.68. The summed E-state index contributed by atoms with van der Waals surface area (Å²) in [5.41, 5.74) is 10.3. The molecule has 2 saturated carbocycles. The number of aromatic nitrogens is 4. The van der Waals surface area contributed by atoms with Crippen molar-refractivity contribution >= 4 is 5.70 Å². The van der Waals surface area contributed by atoms with Crippen LogP contribution >= 0.6 is 0 Å². The van der Waals surface area contributed by atoms with E-state index in [9.17, 15) is 0 Å². The molecule has 0 radical (unpaired) electrons. The Bertz CT molecular complexity index is 895. The molecule has 2 aliphatic rings. The molecule has 0 spiro atoms. The first-order valence-corrected chi connectivity index (χ1v) is 11.0. The van der Waals surface area contributed by atoms with Gasteiger partial charge in [0, 0.05) is 13.2 Å². The van der Waals surface area contributed by atoms with Crippen LogP contribution in [0.25, 0.3) is 5.70 Å². The van der Waals surface area contributed by atoms with Crippen LogP contribution in [0.1, 0.15) is 62.0 Å². The molecule has 2 fully saturated rings. The van der Waals surface area contributed by atoms with E-state index in [2.05, 4.69) is 10.3 Å². The highest BCUT2D eigenvalue weighted by Gasteiger charge is 2.23. The predicted octanol–water partition coefficient (Wildman–Crippen LogP) is 2.78. The normalized spacial score (nSPS) is 18.2. The van der Waals surface area contributed by atoms with E-state index in [0.29, 0.717) is 24.0 Å². The van der Waals surface area contributed by atoms with Gasteiger partial charge in [0.2, 0.25) is 0 Å². The molecule has 0 atom stereocenters. The van der Waals surface area contributed by atoms with Gasteiger partial charge in [0.05, 0.1) is 41.1 Å². The molecular weight excluding hydrogens is 378 g/mol. The number of nitrogens with zero attached hydrogens (tertiary/aromatic N) is 5. The number of likely N-dealkylation sites (N-methyl/N-ethyl adjacent to an activating group) is 1. The summed E-state index contributed by atoms with van der Waals surface area (Å²) in [6.45, 7) is 2.40. The topological polar surface area (TPSA) is 108 Å². The van der Waals surface area contributed by atoms with E-state index < -0.39 is 0 Å². The fourth-order valence-electron chi connectivity index (χ4n) is 4.00. The molecule has 0 saturated heterocycles. The average molecular weight is 412 g/mol. The summed E-state index contributed by atoms with van der Waals surface area (Å²) in [6.07, 6.45) is 11.9. The van der Waals surface area contributed by atoms with E-state index in [1.54, 1.807) is 11.7 Å². The Kier molecular flexibility index (Phi) is 6.22. The number of hydrogen-bond acceptors (Lipinski definition) is 7. The Morgan fingerprint density at radius 3 is 2.63 bits per heavy atom. The standard InChI is InChI=1S/C22H33N7O/c1-15-21(30-18-6-4-3-5-7-18)11-10-19(25-15)22(23)20(28(2)24)14-29-13-17(26-27-29)12-16-8-9-16/h10-11,13,16,18H,3-9,12,14,23-24H2,1-2H3/b22-20-. The molecule has 4 N–H and O–H groups in total. The summed E-state index contributed by atoms with van der Waals surface area (Å²) in [4.78, 5) is 4.70. The van der Waals surface area contributed by atoms with E-state index in [1.807, 2.05) is 25.3 Å². The molecule has 162 valence electrons. The number of hydrazine groups is 1. The minimum Gasteiger partial charge on any atom is -0.489 e. The summed E-state index contributed by atoms with van der Waals surface area (Å²) in [6, 6.07) is 3.88. The first-order valence-electron chi connectivity index (χ1n) is 11.0. The van der Waals surface area contributed by atoms with Crippen molar-refractivity contribution in [1.82, 2.24) is 25.0 Å². The van der Waals surface area contributed by atoms with E-state index in [0.717, 1.165) is 48.0 Å². The van der Waals surface area contributed by atoms with Gasteiger partial charge in [-0.05, 0) is 69.9 Å². The molecule has 0 aromatic carbocycles. The van der Waals surface area contributed by atoms with Crippen molar-refractivity contribution < 1.29 is 4.74 Å². The zero-order valence-corrected chi connectivity index (χ0v) is 18.0. The lowest BCUT2D eigenvalue weighted by Gasteiger charge is -2.24. The third kappa shape index (κ3) is 5.11. The fourth-order valence-corrected chi connectivity index (χ4v) is 4.00. The maximum atomic E-state index is 6.48. The van der Waals surface area contributed by atoms with Crippen LogP contribution in [-0.4, -0.2) is 38.1 Å². The smallest absolute Gasteiger partial charge is 0.140 e. The van der Waals surface area contributed by atoms with Crippen LogP contribution in [0.15, 0.2) is 24.0 Å². The van der Waals surface area contributed by atoms with Gasteiger partial charge < -0.3 is 15.5 Å². The second-order valence-corrected chi connectivity index (χ2v) is 8.68. The number of pyridine rings is 1. The van der Waals surface area contributed by atoms with Crippen molar-refractivity contribution in [2.24, 2.45) is 17.5 Å². The van der Waals surface area contributed by atoms with Crippen molar-refractivity contribution in [2.75, 3.05) is 7.05 Å². The van der Waals surface area contributed by atoms with Crippen molar-refractivity contribution in [3.05, 3.63) is 41.1 Å². The highest BCUT2D eigenvalue weighted by molar-refractivity contribution is 5.63. The fraction of sp³-hybridized carbons (Fsp3) is 0.591. The Labute approximate surface area is 178 Å². The molecule has 2 heterocycles. The quantitative estimate of drug-likeness (QED) is 0.508. The molecule has 4 rings (SSSR count). The first-order chi connectivity index (χ1) is 14.5. The first kappa shape index (κ1) is 20.7. The molecule has 2 aromatic rings. The summed E-state index contributed by atoms with van der Waals surface area (Å²) >= 11 is 0. The third-order valence-electron chi connectivity index (χ3n) is 5.99. The Morgan fingerprint density at radius 1 is 1.20 bits per heavy atom. The van der Waals surface area contributed by atoms with E-state index in [-0.39, 0.29) is 0 Å². The molecule has 0 bridgehead atoms. The summed E-state index contributed by atoms with van der Waals surface area (Å²) < 4.78 is 7.98. The number of nitrogens with two attached hydrogens (primary N) is 2. The van der Waals surface area contributed by atoms with Gasteiger partial charge in [-0.1, -0.05) is 11.6 Å². The summed E-state index contributed by atoms with van der Waals surface area (Å²) in [5, 5.41) is 10.1. The number of rotatable bonds is 8. The van der Waals surface area contributed by atoms with Gasteiger partial charge in [-0.25, -0.2) is 15.5 Å². The SMILES string of the molecule is Cc1nc(/C(N)=C(\Cn2cc(CC3CC3)nn2)N(C)N)ccc1OC1CCCCC1. The average Bonchev–Trinajstić information content (AvgIpc) is 3.44. The van der Waals surface area contributed by atoms with Gasteiger partial charge in [0.1, 0.15) is 5.75 Å². The number of hydrogen-bond donors (Lipinski definition) is 2. The highest BCUT2D eigenvalue weighted by atomic mass is 16.5. The Morgan fingerprint density at radius 2 is 1.97 bits per heavy atom. The minimum absolute atomic E-state index is 0.292. The minimum atomic E-state index is 0.292. The van der Waals surface area contributed by atoms with Crippen LogP contribution in [0.2, 0.25) is 0 Å². The lowest BCUT2D eigenvalue weighted by molar-refractivity contribution is 0.153. The highest BCUT2D eigenvalue weighted by Crippen LogP contribution is 2.32. The van der Waals surface area contributed by atoms with Crippen molar-refractivity contribution in [3.63, 3.8) is 0 Å². The van der Waals surface area contributed by atoms with Crippen LogP contribution in [0.4, 0.5) is 0 Å². The maximum Gasteiger partial charge on any atom is 0.140 e. The zero-order valence-electron chi connectivity index (χ0n) is 18.0.